The molecule has 1 aromatic heterocycles. The van der Waals surface area contributed by atoms with Crippen molar-refractivity contribution in [2.75, 3.05) is 19.5 Å². The van der Waals surface area contributed by atoms with Crippen LogP contribution in [0.5, 0.6) is 0 Å². The van der Waals surface area contributed by atoms with Crippen LogP contribution in [0.25, 0.3) is 0 Å². The van der Waals surface area contributed by atoms with Crippen LogP contribution >= 0.6 is 11.8 Å². The van der Waals surface area contributed by atoms with Crippen molar-refractivity contribution in [2.24, 2.45) is 5.41 Å². The van der Waals surface area contributed by atoms with E-state index in [4.69, 9.17) is 4.74 Å². The highest BCUT2D eigenvalue weighted by Gasteiger charge is 2.21. The zero-order chi connectivity index (χ0) is 12.9. The lowest BCUT2D eigenvalue weighted by atomic mass is 9.92. The molecule has 0 fully saturated rings. The lowest BCUT2D eigenvalue weighted by Crippen LogP contribution is -2.22. The second kappa shape index (κ2) is 6.16. The number of methoxy groups -OCH3 is 1. The summed E-state index contributed by atoms with van der Waals surface area (Å²) in [5, 5.41) is 8.60. The van der Waals surface area contributed by atoms with Gasteiger partial charge in [-0.1, -0.05) is 32.5 Å². The average Bonchev–Trinajstić information content (AvgIpc) is 2.69. The van der Waals surface area contributed by atoms with Gasteiger partial charge in [-0.2, -0.15) is 0 Å². The third-order valence-electron chi connectivity index (χ3n) is 2.29. The Morgan fingerprint density at radius 2 is 2.24 bits per heavy atom. The van der Waals surface area contributed by atoms with Gasteiger partial charge in [-0.25, -0.2) is 0 Å². The number of carbonyl (C=O) groups excluding carboxylic acids is 1. The molecule has 0 unspecified atom stereocenters. The van der Waals surface area contributed by atoms with E-state index in [0.717, 1.165) is 5.16 Å². The van der Waals surface area contributed by atoms with Crippen LogP contribution in [-0.4, -0.2) is 40.0 Å². The standard InChI is InChI=1S/C11H19N3O2S/c1-11(2,3)9(15)7-17-10-13-12-8-14(10)5-6-16-4/h8H,5-7H2,1-4H3. The fraction of sp³-hybridized carbons (Fsp3) is 0.727. The number of ketones is 1. The molecular formula is C11H19N3O2S. The number of nitrogens with zero attached hydrogens (tertiary/aromatic N) is 3. The summed E-state index contributed by atoms with van der Waals surface area (Å²) < 4.78 is 6.89. The van der Waals surface area contributed by atoms with Gasteiger partial charge in [0, 0.05) is 19.1 Å². The van der Waals surface area contributed by atoms with Crippen molar-refractivity contribution in [3.63, 3.8) is 0 Å². The fourth-order valence-electron chi connectivity index (χ4n) is 1.05. The van der Waals surface area contributed by atoms with Gasteiger partial charge < -0.3 is 9.30 Å². The van der Waals surface area contributed by atoms with E-state index in [1.807, 2.05) is 25.3 Å². The van der Waals surface area contributed by atoms with Crippen molar-refractivity contribution in [1.82, 2.24) is 14.8 Å². The molecule has 0 bridgehead atoms. The number of rotatable bonds is 6. The molecular weight excluding hydrogens is 238 g/mol. The first kappa shape index (κ1) is 14.2. The minimum absolute atomic E-state index is 0.212. The van der Waals surface area contributed by atoms with E-state index >= 15 is 0 Å². The first-order valence-electron chi connectivity index (χ1n) is 5.48. The van der Waals surface area contributed by atoms with Gasteiger partial charge in [0.05, 0.1) is 12.4 Å². The van der Waals surface area contributed by atoms with Crippen molar-refractivity contribution in [3.8, 4) is 0 Å². The van der Waals surface area contributed by atoms with Crippen molar-refractivity contribution < 1.29 is 9.53 Å². The summed E-state index contributed by atoms with van der Waals surface area (Å²) in [6, 6.07) is 0. The molecule has 0 radical (unpaired) electrons. The molecule has 1 aromatic rings. The Labute approximate surface area is 106 Å². The first-order chi connectivity index (χ1) is 7.95. The zero-order valence-electron chi connectivity index (χ0n) is 10.8. The Bertz CT molecular complexity index is 371. The second-order valence-electron chi connectivity index (χ2n) is 4.76. The molecule has 0 aliphatic heterocycles. The maximum absolute atomic E-state index is 11.8. The van der Waals surface area contributed by atoms with Gasteiger partial charge in [-0.05, 0) is 0 Å². The Kier molecular flexibility index (Phi) is 5.14. The largest absolute Gasteiger partial charge is 0.383 e. The van der Waals surface area contributed by atoms with Crippen LogP contribution in [0.3, 0.4) is 0 Å². The summed E-state index contributed by atoms with van der Waals surface area (Å²) in [6.45, 7) is 7.08. The molecule has 1 rings (SSSR count). The molecule has 0 aromatic carbocycles. The predicted molar refractivity (Wildman–Crippen MR) is 67.1 cm³/mol. The average molecular weight is 257 g/mol. The van der Waals surface area contributed by atoms with Gasteiger partial charge in [0.2, 0.25) is 0 Å². The molecule has 0 spiro atoms. The number of hydrogen-bond donors (Lipinski definition) is 0. The molecule has 0 aliphatic rings. The minimum Gasteiger partial charge on any atom is -0.383 e. The monoisotopic (exact) mass is 257 g/mol. The Morgan fingerprint density at radius 1 is 1.53 bits per heavy atom. The Morgan fingerprint density at radius 3 is 2.82 bits per heavy atom. The molecule has 1 heterocycles. The third kappa shape index (κ3) is 4.47. The summed E-state index contributed by atoms with van der Waals surface area (Å²) in [5.41, 5.74) is -0.301. The van der Waals surface area contributed by atoms with Crippen molar-refractivity contribution >= 4 is 17.5 Å². The number of thioether (sulfide) groups is 1. The molecule has 96 valence electrons. The third-order valence-corrected chi connectivity index (χ3v) is 3.27. The van der Waals surface area contributed by atoms with Crippen LogP contribution in [0.4, 0.5) is 0 Å². The van der Waals surface area contributed by atoms with Crippen LogP contribution < -0.4 is 0 Å². The maximum Gasteiger partial charge on any atom is 0.191 e. The normalized spacial score (nSPS) is 11.8. The van der Waals surface area contributed by atoms with Crippen molar-refractivity contribution in [1.29, 1.82) is 0 Å². The smallest absolute Gasteiger partial charge is 0.191 e. The van der Waals surface area contributed by atoms with Gasteiger partial charge in [0.1, 0.15) is 12.1 Å². The van der Waals surface area contributed by atoms with Crippen LogP contribution in [0.15, 0.2) is 11.5 Å². The first-order valence-corrected chi connectivity index (χ1v) is 6.46. The van der Waals surface area contributed by atoms with E-state index in [1.165, 1.54) is 11.8 Å². The molecule has 0 aliphatic carbocycles. The molecule has 0 amide bonds. The SMILES string of the molecule is COCCn1cnnc1SCC(=O)C(C)(C)C. The highest BCUT2D eigenvalue weighted by molar-refractivity contribution is 7.99. The van der Waals surface area contributed by atoms with Gasteiger partial charge in [0.25, 0.3) is 0 Å². The molecule has 5 nitrogen and oxygen atoms in total. The van der Waals surface area contributed by atoms with E-state index in [9.17, 15) is 4.79 Å². The van der Waals surface area contributed by atoms with Gasteiger partial charge >= 0.3 is 0 Å². The topological polar surface area (TPSA) is 57.0 Å². The predicted octanol–water partition coefficient (Wildman–Crippen LogP) is 1.63. The van der Waals surface area contributed by atoms with Crippen molar-refractivity contribution in [2.45, 2.75) is 32.5 Å². The fourth-order valence-corrected chi connectivity index (χ4v) is 2.15. The van der Waals surface area contributed by atoms with E-state index in [-0.39, 0.29) is 11.2 Å². The van der Waals surface area contributed by atoms with Gasteiger partial charge in [0.15, 0.2) is 5.16 Å². The van der Waals surface area contributed by atoms with E-state index in [0.29, 0.717) is 18.9 Å². The summed E-state index contributed by atoms with van der Waals surface area (Å²) in [4.78, 5) is 11.8. The molecule has 0 saturated heterocycles. The molecule has 6 heteroatoms. The van der Waals surface area contributed by atoms with Gasteiger partial charge in [-0.15, -0.1) is 10.2 Å². The quantitative estimate of drug-likeness (QED) is 0.725. The Balaban J connectivity index is 2.52. The summed E-state index contributed by atoms with van der Waals surface area (Å²) >= 11 is 1.42. The minimum atomic E-state index is -0.301. The zero-order valence-corrected chi connectivity index (χ0v) is 11.6. The number of hydrogen-bond acceptors (Lipinski definition) is 5. The van der Waals surface area contributed by atoms with Crippen LogP contribution in [0, 0.1) is 5.41 Å². The number of aromatic nitrogens is 3. The lowest BCUT2D eigenvalue weighted by molar-refractivity contribution is -0.123. The highest BCUT2D eigenvalue weighted by Crippen LogP contribution is 2.21. The number of Topliss-reactive ketones (excluding diaryl/α,β-unsaturated/α-hetero) is 1. The molecule has 0 atom stereocenters. The maximum atomic E-state index is 11.8. The summed E-state index contributed by atoms with van der Waals surface area (Å²) in [5.74, 6) is 0.638. The molecule has 0 saturated carbocycles. The van der Waals surface area contributed by atoms with E-state index < -0.39 is 0 Å². The second-order valence-corrected chi connectivity index (χ2v) is 5.70. The van der Waals surface area contributed by atoms with Crippen LogP contribution in [0.2, 0.25) is 0 Å². The lowest BCUT2D eigenvalue weighted by Gasteiger charge is -2.15. The Hall–Kier alpha value is -0.880. The van der Waals surface area contributed by atoms with Gasteiger partial charge in [-0.3, -0.25) is 4.79 Å². The van der Waals surface area contributed by atoms with E-state index in [1.54, 1.807) is 13.4 Å². The van der Waals surface area contributed by atoms with Crippen LogP contribution in [0.1, 0.15) is 20.8 Å². The van der Waals surface area contributed by atoms with Crippen molar-refractivity contribution in [3.05, 3.63) is 6.33 Å². The molecule has 0 N–H and O–H groups in total. The molecule has 17 heavy (non-hydrogen) atoms. The summed E-state index contributed by atoms with van der Waals surface area (Å²) in [7, 11) is 1.65. The number of carbonyl (C=O) groups is 1. The van der Waals surface area contributed by atoms with E-state index in [2.05, 4.69) is 10.2 Å². The number of ether oxygens (including phenoxy) is 1. The summed E-state index contributed by atoms with van der Waals surface area (Å²) in [6.07, 6.45) is 1.66. The highest BCUT2D eigenvalue weighted by atomic mass is 32.2. The van der Waals surface area contributed by atoms with Crippen LogP contribution in [-0.2, 0) is 16.1 Å².